The second-order valence-electron chi connectivity index (χ2n) is 7.89. The molecule has 30 heavy (non-hydrogen) atoms. The molecule has 2 rings (SSSR count). The number of aryl methyl sites for hydroxylation is 1. The number of carbonyl (C=O) groups excluding carboxylic acids is 1. The van der Waals surface area contributed by atoms with E-state index in [1.54, 1.807) is 14.2 Å². The second kappa shape index (κ2) is 10.0. The Morgan fingerprint density at radius 1 is 1.00 bits per heavy atom. The first-order valence-electron chi connectivity index (χ1n) is 9.68. The zero-order valence-electron chi connectivity index (χ0n) is 18.7. The van der Waals surface area contributed by atoms with Crippen LogP contribution in [0.4, 0.5) is 0 Å². The molecule has 0 spiro atoms. The summed E-state index contributed by atoms with van der Waals surface area (Å²) in [6, 6.07) is 11.3. The van der Waals surface area contributed by atoms with Crippen molar-refractivity contribution < 1.29 is 19.0 Å². The fourth-order valence-electron chi connectivity index (χ4n) is 2.76. The molecule has 1 atom stereocenters. The number of carbonyl (C=O) groups is 1. The number of methoxy groups -OCH3 is 2. The van der Waals surface area contributed by atoms with Gasteiger partial charge in [0.2, 0.25) is 0 Å². The van der Waals surface area contributed by atoms with Crippen molar-refractivity contribution in [3.8, 4) is 34.8 Å². The Kier molecular flexibility index (Phi) is 7.75. The molecule has 1 unspecified atom stereocenters. The molecule has 2 aromatic rings. The van der Waals surface area contributed by atoms with Gasteiger partial charge in [0.25, 0.3) is 0 Å². The molecule has 0 saturated heterocycles. The third-order valence-electron chi connectivity index (χ3n) is 4.07. The molecule has 0 bridgehead atoms. The number of esters is 1. The van der Waals surface area contributed by atoms with E-state index in [2.05, 4.69) is 42.9 Å². The van der Waals surface area contributed by atoms with Crippen LogP contribution in [-0.4, -0.2) is 28.3 Å². The Morgan fingerprint density at radius 2 is 1.67 bits per heavy atom. The van der Waals surface area contributed by atoms with E-state index < -0.39 is 20.1 Å². The van der Waals surface area contributed by atoms with Crippen molar-refractivity contribution in [2.24, 2.45) is 0 Å². The lowest BCUT2D eigenvalue weighted by Gasteiger charge is -2.17. The van der Waals surface area contributed by atoms with Gasteiger partial charge in [-0.3, -0.25) is 4.79 Å². The number of hydrogen-bond acceptors (Lipinski definition) is 4. The smallest absolute Gasteiger partial charge is 0.304 e. The van der Waals surface area contributed by atoms with Crippen molar-refractivity contribution in [2.75, 3.05) is 14.2 Å². The van der Waals surface area contributed by atoms with Gasteiger partial charge < -0.3 is 14.2 Å². The van der Waals surface area contributed by atoms with Crippen LogP contribution in [-0.2, 0) is 9.53 Å². The first-order chi connectivity index (χ1) is 14.1. The predicted octanol–water partition coefficient (Wildman–Crippen LogP) is 4.90. The fourth-order valence-corrected chi connectivity index (χ4v) is 3.26. The summed E-state index contributed by atoms with van der Waals surface area (Å²) in [6.07, 6.45) is -0.785. The molecule has 0 aliphatic heterocycles. The van der Waals surface area contributed by atoms with Crippen molar-refractivity contribution in [1.29, 1.82) is 0 Å². The second-order valence-corrected chi connectivity index (χ2v) is 12.6. The molecule has 156 valence electrons. The topological polar surface area (TPSA) is 44.8 Å². The Balaban J connectivity index is 2.67. The predicted molar refractivity (Wildman–Crippen MR) is 122 cm³/mol. The highest BCUT2D eigenvalue weighted by Gasteiger charge is 2.20. The van der Waals surface area contributed by atoms with E-state index >= 15 is 0 Å². The summed E-state index contributed by atoms with van der Waals surface area (Å²) in [5, 5.41) is 0. The minimum absolute atomic E-state index is 0.418. The molecule has 0 N–H and O–H groups in total. The lowest BCUT2D eigenvalue weighted by molar-refractivity contribution is -0.144. The molecule has 0 aliphatic rings. The van der Waals surface area contributed by atoms with Crippen LogP contribution in [0, 0.1) is 30.2 Å². The summed E-state index contributed by atoms with van der Waals surface area (Å²) in [5.41, 5.74) is 6.47. The zero-order valence-corrected chi connectivity index (χ0v) is 19.7. The summed E-state index contributed by atoms with van der Waals surface area (Å²) in [4.78, 5) is 11.9. The van der Waals surface area contributed by atoms with Crippen LogP contribution in [0.15, 0.2) is 36.4 Å². The van der Waals surface area contributed by atoms with Gasteiger partial charge in [-0.15, -0.1) is 5.54 Å². The van der Waals surface area contributed by atoms with Gasteiger partial charge in [0.05, 0.1) is 25.3 Å². The van der Waals surface area contributed by atoms with Crippen molar-refractivity contribution in [3.05, 3.63) is 58.7 Å². The quantitative estimate of drug-likeness (QED) is 0.401. The Labute approximate surface area is 180 Å². The zero-order chi connectivity index (χ0) is 22.3. The highest BCUT2D eigenvalue weighted by Crippen LogP contribution is 2.30. The van der Waals surface area contributed by atoms with E-state index in [4.69, 9.17) is 14.2 Å². The number of para-hydroxylation sites is 1. The fraction of sp³-hybridized carbons (Fsp3) is 0.320. The van der Waals surface area contributed by atoms with Gasteiger partial charge in [-0.2, -0.15) is 0 Å². The monoisotopic (exact) mass is 420 g/mol. The summed E-state index contributed by atoms with van der Waals surface area (Å²) in [5.74, 6) is 10.3. The van der Waals surface area contributed by atoms with E-state index in [0.717, 1.165) is 11.1 Å². The molecule has 0 fully saturated rings. The van der Waals surface area contributed by atoms with Gasteiger partial charge in [0, 0.05) is 12.5 Å². The minimum atomic E-state index is -1.64. The van der Waals surface area contributed by atoms with E-state index in [-0.39, 0.29) is 0 Å². The Morgan fingerprint density at radius 3 is 2.27 bits per heavy atom. The first kappa shape index (κ1) is 23.1. The third-order valence-corrected chi connectivity index (χ3v) is 4.95. The molecule has 0 amide bonds. The standard InChI is InChI=1S/C25H28O4Si/c1-18-16-22(21(25(17-18)28-4)14-15-30(5,6)7)24(29-19(2)26)13-12-20-10-8-9-11-23(20)27-3/h8-11,16-17,24H,1-7H3. The van der Waals surface area contributed by atoms with Crippen LogP contribution in [0.1, 0.15) is 35.3 Å². The maximum absolute atomic E-state index is 11.9. The summed E-state index contributed by atoms with van der Waals surface area (Å²) in [7, 11) is 1.57. The molecular formula is C25H28O4Si. The average molecular weight is 421 g/mol. The van der Waals surface area contributed by atoms with Gasteiger partial charge in [-0.25, -0.2) is 0 Å². The summed E-state index contributed by atoms with van der Waals surface area (Å²) >= 11 is 0. The largest absolute Gasteiger partial charge is 0.495 e. The van der Waals surface area contributed by atoms with Crippen LogP contribution >= 0.6 is 0 Å². The van der Waals surface area contributed by atoms with Crippen molar-refractivity contribution in [2.45, 2.75) is 39.6 Å². The average Bonchev–Trinajstić information content (AvgIpc) is 2.68. The van der Waals surface area contributed by atoms with Crippen molar-refractivity contribution in [1.82, 2.24) is 0 Å². The molecular weight excluding hydrogens is 392 g/mol. The highest BCUT2D eigenvalue weighted by molar-refractivity contribution is 6.83. The molecule has 0 radical (unpaired) electrons. The summed E-state index contributed by atoms with van der Waals surface area (Å²) in [6.45, 7) is 9.85. The van der Waals surface area contributed by atoms with E-state index in [1.165, 1.54) is 6.92 Å². The van der Waals surface area contributed by atoms with Crippen LogP contribution in [0.2, 0.25) is 19.6 Å². The van der Waals surface area contributed by atoms with Gasteiger partial charge in [0.1, 0.15) is 19.6 Å². The Bertz CT molecular complexity index is 1040. The lowest BCUT2D eigenvalue weighted by Crippen LogP contribution is -2.16. The lowest BCUT2D eigenvalue weighted by atomic mass is 9.98. The van der Waals surface area contributed by atoms with E-state index in [0.29, 0.717) is 22.6 Å². The van der Waals surface area contributed by atoms with E-state index in [1.807, 2.05) is 43.3 Å². The SMILES string of the molecule is COc1ccccc1C#CC(OC(C)=O)c1cc(C)cc(OC)c1C#C[Si](C)(C)C. The Hall–Kier alpha value is -3.15. The number of ether oxygens (including phenoxy) is 3. The van der Waals surface area contributed by atoms with Crippen LogP contribution in [0.5, 0.6) is 11.5 Å². The van der Waals surface area contributed by atoms with Gasteiger partial charge in [-0.1, -0.05) is 43.6 Å². The molecule has 0 aromatic heterocycles. The number of benzene rings is 2. The summed E-state index contributed by atoms with van der Waals surface area (Å²) < 4.78 is 16.6. The molecule has 2 aromatic carbocycles. The normalized spacial score (nSPS) is 11.3. The molecule has 0 aliphatic carbocycles. The third kappa shape index (κ3) is 6.44. The highest BCUT2D eigenvalue weighted by atomic mass is 28.3. The number of hydrogen-bond donors (Lipinski definition) is 0. The van der Waals surface area contributed by atoms with Gasteiger partial charge in [0.15, 0.2) is 6.10 Å². The van der Waals surface area contributed by atoms with Crippen LogP contribution in [0.3, 0.4) is 0 Å². The van der Waals surface area contributed by atoms with Crippen molar-refractivity contribution >= 4 is 14.0 Å². The molecule has 5 heteroatoms. The van der Waals surface area contributed by atoms with Gasteiger partial charge in [-0.05, 0) is 42.7 Å². The molecule has 0 heterocycles. The van der Waals surface area contributed by atoms with Crippen LogP contribution < -0.4 is 9.47 Å². The minimum Gasteiger partial charge on any atom is -0.495 e. The molecule has 4 nitrogen and oxygen atoms in total. The first-order valence-corrected chi connectivity index (χ1v) is 13.2. The van der Waals surface area contributed by atoms with E-state index in [9.17, 15) is 4.79 Å². The maximum atomic E-state index is 11.9. The molecule has 0 saturated carbocycles. The number of rotatable bonds is 4. The van der Waals surface area contributed by atoms with Crippen molar-refractivity contribution in [3.63, 3.8) is 0 Å². The van der Waals surface area contributed by atoms with Gasteiger partial charge >= 0.3 is 5.97 Å². The maximum Gasteiger partial charge on any atom is 0.304 e. The van der Waals surface area contributed by atoms with Crippen LogP contribution in [0.25, 0.3) is 0 Å².